The van der Waals surface area contributed by atoms with Gasteiger partial charge in [-0.2, -0.15) is 8.78 Å². The van der Waals surface area contributed by atoms with Gasteiger partial charge in [0.1, 0.15) is 12.1 Å². The van der Waals surface area contributed by atoms with Crippen molar-refractivity contribution in [2.75, 3.05) is 11.9 Å². The van der Waals surface area contributed by atoms with Crippen LogP contribution in [0.15, 0.2) is 30.5 Å². The molecule has 0 saturated carbocycles. The molecule has 0 radical (unpaired) electrons. The summed E-state index contributed by atoms with van der Waals surface area (Å²) in [5.74, 6) is -1.39. The van der Waals surface area contributed by atoms with Crippen LogP contribution in [0.2, 0.25) is 0 Å². The van der Waals surface area contributed by atoms with E-state index in [1.807, 2.05) is 20.8 Å². The van der Waals surface area contributed by atoms with Crippen molar-refractivity contribution >= 4 is 63.2 Å². The summed E-state index contributed by atoms with van der Waals surface area (Å²) in [6.07, 6.45) is 2.79. The molecule has 1 aliphatic rings. The van der Waals surface area contributed by atoms with E-state index in [4.69, 9.17) is 9.79 Å². The van der Waals surface area contributed by atoms with E-state index in [1.54, 1.807) is 27.0 Å². The van der Waals surface area contributed by atoms with Gasteiger partial charge in [0.2, 0.25) is 11.8 Å². The molecule has 0 bridgehead atoms. The molecule has 3 amide bonds. The lowest BCUT2D eigenvalue weighted by Gasteiger charge is -2.35. The molecule has 15 heteroatoms. The van der Waals surface area contributed by atoms with Gasteiger partial charge in [0.25, 0.3) is 5.91 Å². The summed E-state index contributed by atoms with van der Waals surface area (Å²) in [5.41, 5.74) is -6.13. The summed E-state index contributed by atoms with van der Waals surface area (Å²) in [5, 5.41) is 6.25. The number of thiophene rings is 1. The highest BCUT2D eigenvalue weighted by atomic mass is 32.1. The Labute approximate surface area is 256 Å². The maximum Gasteiger partial charge on any atom is 0.399 e. The molecule has 1 aromatic carbocycles. The van der Waals surface area contributed by atoms with E-state index in [1.165, 1.54) is 28.4 Å². The molecular weight excluding hydrogens is 621 g/mol. The maximum atomic E-state index is 14.2. The summed E-state index contributed by atoms with van der Waals surface area (Å²) >= 11 is 2.37. The van der Waals surface area contributed by atoms with E-state index >= 15 is 0 Å². The zero-order valence-corrected chi connectivity index (χ0v) is 27.1. The number of alkyl halides is 2. The highest BCUT2D eigenvalue weighted by molar-refractivity contribution is 7.52. The molecule has 1 fully saturated rings. The van der Waals surface area contributed by atoms with Crippen molar-refractivity contribution < 1.29 is 37.5 Å². The van der Waals surface area contributed by atoms with E-state index < -0.39 is 48.1 Å². The van der Waals surface area contributed by atoms with E-state index in [0.29, 0.717) is 29.2 Å². The highest BCUT2D eigenvalue weighted by Gasteiger charge is 2.50. The van der Waals surface area contributed by atoms with E-state index in [-0.39, 0.29) is 21.6 Å². The number of anilines is 1. The maximum absolute atomic E-state index is 14.2. The predicted molar refractivity (Wildman–Crippen MR) is 163 cm³/mol. The molecule has 10 nitrogen and oxygen atoms in total. The molecule has 4 N–H and O–H groups in total. The molecular formula is C28H35F2N4O6PS2. The lowest BCUT2D eigenvalue weighted by atomic mass is 9.85. The number of thiazole rings is 1. The molecule has 2 aromatic heterocycles. The lowest BCUT2D eigenvalue weighted by Crippen LogP contribution is -2.57. The molecule has 1 saturated heterocycles. The van der Waals surface area contributed by atoms with Gasteiger partial charge in [-0.15, -0.1) is 22.7 Å². The van der Waals surface area contributed by atoms with Gasteiger partial charge in [-0.3, -0.25) is 18.9 Å². The predicted octanol–water partition coefficient (Wildman–Crippen LogP) is 5.66. The van der Waals surface area contributed by atoms with Gasteiger partial charge in [-0.05, 0) is 47.3 Å². The standard InChI is InChI=1S/C28H35F2N4O6PS2/c1-26(2,3)20-14-31-25(43-20)33-22(35)17-8-7-11-34(17)24(37)21(27(4,5)6)32-23(36)19-13-15-12-16(9-10-18(15)42-19)28(29,30)41(38,39)40/h9-10,12-14,17,21H,7-8,11H2,1-6H3,(H,32,36)(H,31,33,35)(H2,38,39,40)/t17-,21?/m0/s1. The van der Waals surface area contributed by atoms with Crippen molar-refractivity contribution in [2.45, 2.75) is 77.5 Å². The first-order chi connectivity index (χ1) is 19.7. The summed E-state index contributed by atoms with van der Waals surface area (Å²) in [6.45, 7) is 11.8. The van der Waals surface area contributed by atoms with E-state index in [0.717, 1.165) is 28.3 Å². The Morgan fingerprint density at radius 3 is 2.35 bits per heavy atom. The van der Waals surface area contributed by atoms with Crippen molar-refractivity contribution in [2.24, 2.45) is 5.41 Å². The van der Waals surface area contributed by atoms with Gasteiger partial charge in [0, 0.05) is 27.9 Å². The molecule has 3 aromatic rings. The number of aromatic nitrogens is 1. The monoisotopic (exact) mass is 656 g/mol. The van der Waals surface area contributed by atoms with Crippen LogP contribution in [0.25, 0.3) is 10.1 Å². The zero-order chi connectivity index (χ0) is 32.1. The Morgan fingerprint density at radius 2 is 1.77 bits per heavy atom. The fourth-order valence-corrected chi connectivity index (χ4v) is 7.00. The minimum absolute atomic E-state index is 0.126. The van der Waals surface area contributed by atoms with Gasteiger partial charge >= 0.3 is 13.3 Å². The van der Waals surface area contributed by atoms with Crippen LogP contribution in [0.4, 0.5) is 13.9 Å². The number of carbonyl (C=O) groups excluding carboxylic acids is 3. The number of nitrogens with one attached hydrogen (secondary N) is 2. The van der Waals surface area contributed by atoms with Crippen LogP contribution in [0, 0.1) is 5.41 Å². The third-order valence-corrected chi connectivity index (χ3v) is 10.6. The number of halogens is 2. The summed E-state index contributed by atoms with van der Waals surface area (Å²) in [7, 11) is -5.76. The normalized spacial score (nSPS) is 17.3. The first-order valence-electron chi connectivity index (χ1n) is 13.6. The second kappa shape index (κ2) is 11.6. The second-order valence-corrected chi connectivity index (χ2v) is 16.4. The van der Waals surface area contributed by atoms with Crippen LogP contribution >= 0.6 is 30.3 Å². The first-order valence-corrected chi connectivity index (χ1v) is 16.8. The number of nitrogens with zero attached hydrogens (tertiary/aromatic N) is 2. The third kappa shape index (κ3) is 6.99. The number of carbonyl (C=O) groups is 3. The van der Waals surface area contributed by atoms with Crippen LogP contribution in [0.1, 0.15) is 74.5 Å². The van der Waals surface area contributed by atoms with Gasteiger partial charge < -0.3 is 25.3 Å². The minimum Gasteiger partial charge on any atom is -0.339 e. The van der Waals surface area contributed by atoms with Crippen molar-refractivity contribution in [3.63, 3.8) is 0 Å². The number of hydrogen-bond donors (Lipinski definition) is 4. The largest absolute Gasteiger partial charge is 0.399 e. The molecule has 0 spiro atoms. The Kier molecular flexibility index (Phi) is 8.96. The van der Waals surface area contributed by atoms with Gasteiger partial charge in [0.05, 0.1) is 4.88 Å². The van der Waals surface area contributed by atoms with Crippen molar-refractivity contribution in [1.29, 1.82) is 0 Å². The van der Waals surface area contributed by atoms with Crippen LogP contribution in [0.3, 0.4) is 0 Å². The SMILES string of the molecule is CC(C)(C)c1cnc(NC(=O)[C@@H]2CCCN2C(=O)C(NC(=O)c2cc3cc(C(F)(F)P(=O)(O)O)ccc3s2)C(C)(C)C)s1. The average Bonchev–Trinajstić information content (AvgIpc) is 3.63. The van der Waals surface area contributed by atoms with Gasteiger partial charge in [-0.25, -0.2) is 4.98 Å². The van der Waals surface area contributed by atoms with Crippen LogP contribution in [-0.2, 0) is 25.2 Å². The Hall–Kier alpha value is -2.77. The molecule has 0 aliphatic carbocycles. The average molecular weight is 657 g/mol. The molecule has 2 atom stereocenters. The molecule has 4 rings (SSSR count). The van der Waals surface area contributed by atoms with E-state index in [2.05, 4.69) is 15.6 Å². The second-order valence-electron chi connectivity index (χ2n) is 12.7. The van der Waals surface area contributed by atoms with Crippen molar-refractivity contribution in [3.8, 4) is 0 Å². The Bertz CT molecular complexity index is 1600. The number of fused-ring (bicyclic) bond motifs is 1. The summed E-state index contributed by atoms with van der Waals surface area (Å²) in [4.78, 5) is 65.5. The van der Waals surface area contributed by atoms with Crippen molar-refractivity contribution in [1.82, 2.24) is 15.2 Å². The Balaban J connectivity index is 1.53. The third-order valence-electron chi connectivity index (χ3n) is 7.16. The highest BCUT2D eigenvalue weighted by Crippen LogP contribution is 2.59. The first kappa shape index (κ1) is 33.1. The van der Waals surface area contributed by atoms with Gasteiger partial charge in [0.15, 0.2) is 5.13 Å². The zero-order valence-electron chi connectivity index (χ0n) is 24.6. The lowest BCUT2D eigenvalue weighted by molar-refractivity contribution is -0.140. The quantitative estimate of drug-likeness (QED) is 0.240. The molecule has 1 unspecified atom stereocenters. The van der Waals surface area contributed by atoms with Crippen LogP contribution in [-0.4, -0.2) is 56.0 Å². The topological polar surface area (TPSA) is 149 Å². The smallest absolute Gasteiger partial charge is 0.339 e. The molecule has 1 aliphatic heterocycles. The van der Waals surface area contributed by atoms with Gasteiger partial charge in [-0.1, -0.05) is 47.6 Å². The molecule has 43 heavy (non-hydrogen) atoms. The molecule has 3 heterocycles. The minimum atomic E-state index is -5.76. The number of amides is 3. The fourth-order valence-electron chi connectivity index (χ4n) is 4.70. The summed E-state index contributed by atoms with van der Waals surface area (Å²) < 4.78 is 40.2. The number of likely N-dealkylation sites (tertiary alicyclic amines) is 1. The van der Waals surface area contributed by atoms with Crippen LogP contribution in [0.5, 0.6) is 0 Å². The number of rotatable bonds is 7. The Morgan fingerprint density at radius 1 is 1.09 bits per heavy atom. The number of benzene rings is 1. The summed E-state index contributed by atoms with van der Waals surface area (Å²) in [6, 6.07) is 2.70. The molecule has 234 valence electrons. The van der Waals surface area contributed by atoms with Crippen LogP contribution < -0.4 is 10.6 Å². The fraction of sp³-hybridized carbons (Fsp3) is 0.500. The van der Waals surface area contributed by atoms with Crippen molar-refractivity contribution in [3.05, 3.63) is 45.8 Å². The number of hydrogen-bond acceptors (Lipinski definition) is 7. The van der Waals surface area contributed by atoms with E-state index in [9.17, 15) is 27.7 Å².